The third kappa shape index (κ3) is 3.85. The molecule has 1 aromatic rings. The van der Waals surface area contributed by atoms with Crippen molar-refractivity contribution in [3.63, 3.8) is 0 Å². The molecule has 0 spiro atoms. The van der Waals surface area contributed by atoms with Crippen LogP contribution in [0.3, 0.4) is 0 Å². The van der Waals surface area contributed by atoms with E-state index in [1.54, 1.807) is 7.11 Å². The average molecular weight is 238 g/mol. The molecule has 0 aromatic carbocycles. The van der Waals surface area contributed by atoms with Crippen LogP contribution < -0.4 is 11.1 Å². The Morgan fingerprint density at radius 3 is 2.71 bits per heavy atom. The third-order valence-corrected chi connectivity index (χ3v) is 2.50. The number of nitrogens with one attached hydrogen (secondary N) is 1. The van der Waals surface area contributed by atoms with Gasteiger partial charge in [0.15, 0.2) is 0 Å². The Bertz CT molecular complexity index is 368. The van der Waals surface area contributed by atoms with Crippen molar-refractivity contribution < 1.29 is 4.74 Å². The summed E-state index contributed by atoms with van der Waals surface area (Å²) in [4.78, 5) is 8.76. The molecular weight excluding hydrogens is 216 g/mol. The molecule has 0 radical (unpaired) electrons. The Morgan fingerprint density at radius 2 is 2.12 bits per heavy atom. The number of hydrogen-bond acceptors (Lipinski definition) is 5. The fourth-order valence-electron chi connectivity index (χ4n) is 1.58. The quantitative estimate of drug-likeness (QED) is 0.790. The van der Waals surface area contributed by atoms with Crippen molar-refractivity contribution in [3.05, 3.63) is 11.4 Å². The summed E-state index contributed by atoms with van der Waals surface area (Å²) >= 11 is 0. The summed E-state index contributed by atoms with van der Waals surface area (Å²) in [7, 11) is 1.68. The van der Waals surface area contributed by atoms with Gasteiger partial charge in [-0.2, -0.15) is 0 Å². The van der Waals surface area contributed by atoms with Gasteiger partial charge in [-0.3, -0.25) is 0 Å². The molecule has 1 aromatic heterocycles. The molecule has 0 bridgehead atoms. The monoisotopic (exact) mass is 238 g/mol. The summed E-state index contributed by atoms with van der Waals surface area (Å²) in [5.74, 6) is 2.16. The minimum atomic E-state index is 0.197. The van der Waals surface area contributed by atoms with Crippen LogP contribution in [0.25, 0.3) is 0 Å². The summed E-state index contributed by atoms with van der Waals surface area (Å²) in [5.41, 5.74) is 6.78. The van der Waals surface area contributed by atoms with E-state index in [1.165, 1.54) is 0 Å². The number of nitrogen functional groups attached to an aromatic ring is 1. The molecule has 1 rings (SSSR count). The molecule has 5 nitrogen and oxygen atoms in total. The smallest absolute Gasteiger partial charge is 0.135 e. The Morgan fingerprint density at radius 1 is 1.41 bits per heavy atom. The zero-order chi connectivity index (χ0) is 12.8. The number of anilines is 2. The maximum Gasteiger partial charge on any atom is 0.135 e. The minimum absolute atomic E-state index is 0.197. The topological polar surface area (TPSA) is 73.1 Å². The first-order chi connectivity index (χ1) is 8.08. The van der Waals surface area contributed by atoms with Crippen molar-refractivity contribution in [2.45, 2.75) is 39.7 Å². The van der Waals surface area contributed by atoms with Gasteiger partial charge in [0.2, 0.25) is 0 Å². The normalized spacial score (nSPS) is 12.5. The van der Waals surface area contributed by atoms with E-state index >= 15 is 0 Å². The zero-order valence-electron chi connectivity index (χ0n) is 11.1. The molecule has 0 fully saturated rings. The van der Waals surface area contributed by atoms with Gasteiger partial charge in [0.25, 0.3) is 0 Å². The Balaban J connectivity index is 2.88. The predicted molar refractivity (Wildman–Crippen MR) is 70.1 cm³/mol. The Kier molecular flexibility index (Phi) is 5.15. The maximum absolute atomic E-state index is 5.88. The molecule has 0 saturated carbocycles. The van der Waals surface area contributed by atoms with E-state index in [0.29, 0.717) is 12.4 Å². The molecule has 5 heteroatoms. The van der Waals surface area contributed by atoms with Gasteiger partial charge in [0.1, 0.15) is 17.5 Å². The molecule has 1 atom stereocenters. The number of aryl methyl sites for hydroxylation is 1. The van der Waals surface area contributed by atoms with E-state index in [4.69, 9.17) is 10.5 Å². The second-order valence-corrected chi connectivity index (χ2v) is 4.25. The van der Waals surface area contributed by atoms with Crippen LogP contribution in [0.2, 0.25) is 0 Å². The highest BCUT2D eigenvalue weighted by Crippen LogP contribution is 2.18. The molecule has 17 heavy (non-hydrogen) atoms. The summed E-state index contributed by atoms with van der Waals surface area (Å²) in [6.45, 7) is 6.69. The van der Waals surface area contributed by atoms with Crippen molar-refractivity contribution in [2.24, 2.45) is 0 Å². The molecular formula is C12H22N4O. The van der Waals surface area contributed by atoms with Crippen molar-refractivity contribution in [1.29, 1.82) is 0 Å². The highest BCUT2D eigenvalue weighted by molar-refractivity contribution is 5.55. The first-order valence-electron chi connectivity index (χ1n) is 5.96. The lowest BCUT2D eigenvalue weighted by Crippen LogP contribution is -2.23. The molecule has 1 unspecified atom stereocenters. The SMILES string of the molecule is CCCc1nc(N)c(C)c(NC(C)COC)n1. The average Bonchev–Trinajstić information content (AvgIpc) is 2.26. The van der Waals surface area contributed by atoms with Crippen LogP contribution >= 0.6 is 0 Å². The van der Waals surface area contributed by atoms with Crippen molar-refractivity contribution in [1.82, 2.24) is 9.97 Å². The van der Waals surface area contributed by atoms with Crippen LogP contribution in [0, 0.1) is 6.92 Å². The van der Waals surface area contributed by atoms with E-state index in [0.717, 1.165) is 30.0 Å². The van der Waals surface area contributed by atoms with Gasteiger partial charge in [0, 0.05) is 25.1 Å². The van der Waals surface area contributed by atoms with Gasteiger partial charge in [-0.1, -0.05) is 6.92 Å². The summed E-state index contributed by atoms with van der Waals surface area (Å²) in [6.07, 6.45) is 1.85. The number of methoxy groups -OCH3 is 1. The van der Waals surface area contributed by atoms with Crippen molar-refractivity contribution >= 4 is 11.6 Å². The highest BCUT2D eigenvalue weighted by Gasteiger charge is 2.10. The first-order valence-corrected chi connectivity index (χ1v) is 5.96. The molecule has 0 saturated heterocycles. The van der Waals surface area contributed by atoms with Gasteiger partial charge in [0.05, 0.1) is 6.61 Å². The van der Waals surface area contributed by atoms with Crippen LogP contribution in [0.15, 0.2) is 0 Å². The molecule has 3 N–H and O–H groups in total. The lowest BCUT2D eigenvalue weighted by molar-refractivity contribution is 0.190. The standard InChI is InChI=1S/C12H22N4O/c1-5-6-10-15-11(13)9(3)12(16-10)14-8(2)7-17-4/h8H,5-7H2,1-4H3,(H3,13,14,15,16). The number of nitrogens with zero attached hydrogens (tertiary/aromatic N) is 2. The lowest BCUT2D eigenvalue weighted by Gasteiger charge is -2.16. The molecule has 0 aliphatic carbocycles. The largest absolute Gasteiger partial charge is 0.383 e. The number of hydrogen-bond donors (Lipinski definition) is 2. The summed E-state index contributed by atoms with van der Waals surface area (Å²) in [5, 5.41) is 3.29. The predicted octanol–water partition coefficient (Wildman–Crippen LogP) is 1.77. The van der Waals surface area contributed by atoms with E-state index in [1.807, 2.05) is 13.8 Å². The number of ether oxygens (including phenoxy) is 1. The Labute approximate surface area is 103 Å². The van der Waals surface area contributed by atoms with Crippen LogP contribution in [-0.2, 0) is 11.2 Å². The van der Waals surface area contributed by atoms with Crippen LogP contribution in [0.1, 0.15) is 31.7 Å². The van der Waals surface area contributed by atoms with Gasteiger partial charge in [-0.05, 0) is 20.3 Å². The number of rotatable bonds is 6. The lowest BCUT2D eigenvalue weighted by atomic mass is 10.2. The van der Waals surface area contributed by atoms with E-state index in [9.17, 15) is 0 Å². The second kappa shape index (κ2) is 6.39. The van der Waals surface area contributed by atoms with Gasteiger partial charge in [-0.25, -0.2) is 9.97 Å². The zero-order valence-corrected chi connectivity index (χ0v) is 11.1. The van der Waals surface area contributed by atoms with Gasteiger partial charge < -0.3 is 15.8 Å². The molecule has 0 aliphatic rings. The van der Waals surface area contributed by atoms with Crippen molar-refractivity contribution in [2.75, 3.05) is 24.8 Å². The molecule has 0 amide bonds. The fourth-order valence-corrected chi connectivity index (χ4v) is 1.58. The third-order valence-electron chi connectivity index (χ3n) is 2.50. The molecule has 1 heterocycles. The van der Waals surface area contributed by atoms with Crippen LogP contribution in [0.4, 0.5) is 11.6 Å². The second-order valence-electron chi connectivity index (χ2n) is 4.25. The van der Waals surface area contributed by atoms with Crippen LogP contribution in [-0.4, -0.2) is 29.7 Å². The van der Waals surface area contributed by atoms with Gasteiger partial charge in [-0.15, -0.1) is 0 Å². The van der Waals surface area contributed by atoms with Crippen LogP contribution in [0.5, 0.6) is 0 Å². The number of nitrogens with two attached hydrogens (primary N) is 1. The van der Waals surface area contributed by atoms with E-state index in [2.05, 4.69) is 22.2 Å². The van der Waals surface area contributed by atoms with E-state index < -0.39 is 0 Å². The molecule has 96 valence electrons. The summed E-state index contributed by atoms with van der Waals surface area (Å²) in [6, 6.07) is 0.197. The van der Waals surface area contributed by atoms with E-state index in [-0.39, 0.29) is 6.04 Å². The van der Waals surface area contributed by atoms with Gasteiger partial charge >= 0.3 is 0 Å². The number of aromatic nitrogens is 2. The fraction of sp³-hybridized carbons (Fsp3) is 0.667. The Hall–Kier alpha value is -1.36. The maximum atomic E-state index is 5.88. The minimum Gasteiger partial charge on any atom is -0.383 e. The van der Waals surface area contributed by atoms with Crippen molar-refractivity contribution in [3.8, 4) is 0 Å². The summed E-state index contributed by atoms with van der Waals surface area (Å²) < 4.78 is 5.09. The first kappa shape index (κ1) is 13.7. The molecule has 0 aliphatic heterocycles. The highest BCUT2D eigenvalue weighted by atomic mass is 16.5.